The summed E-state index contributed by atoms with van der Waals surface area (Å²) in [6.45, 7) is 5.81. The van der Waals surface area contributed by atoms with Gasteiger partial charge in [0.05, 0.1) is 12.2 Å². The van der Waals surface area contributed by atoms with Crippen LogP contribution in [-0.2, 0) is 17.8 Å². The van der Waals surface area contributed by atoms with E-state index >= 15 is 0 Å². The molecule has 1 aliphatic heterocycles. The van der Waals surface area contributed by atoms with E-state index in [2.05, 4.69) is 12.2 Å². The molecule has 4 rings (SSSR count). The fraction of sp³-hybridized carbons (Fsp3) is 0.321. The molecule has 8 nitrogen and oxygen atoms in total. The summed E-state index contributed by atoms with van der Waals surface area (Å²) in [6, 6.07) is 15.8. The third-order valence-electron chi connectivity index (χ3n) is 6.11. The first kappa shape index (κ1) is 25.0. The number of benzene rings is 2. The molecule has 8 heteroatoms. The Morgan fingerprint density at radius 1 is 1.08 bits per heavy atom. The van der Waals surface area contributed by atoms with Crippen LogP contribution in [-0.4, -0.2) is 36.9 Å². The van der Waals surface area contributed by atoms with Crippen molar-refractivity contribution in [2.75, 3.05) is 18.1 Å². The van der Waals surface area contributed by atoms with Gasteiger partial charge >= 0.3 is 0 Å². The maximum Gasteiger partial charge on any atom is 0.287 e. The molecule has 2 aromatic carbocycles. The van der Waals surface area contributed by atoms with Crippen LogP contribution in [0.15, 0.2) is 59.0 Å². The van der Waals surface area contributed by atoms with Gasteiger partial charge in [-0.25, -0.2) is 0 Å². The first-order chi connectivity index (χ1) is 17.4. The van der Waals surface area contributed by atoms with Gasteiger partial charge in [-0.15, -0.1) is 0 Å². The third-order valence-corrected chi connectivity index (χ3v) is 6.11. The minimum atomic E-state index is -0.304. The summed E-state index contributed by atoms with van der Waals surface area (Å²) in [5, 5.41) is 2.85. The monoisotopic (exact) mass is 490 g/mol. The molecule has 0 aliphatic carbocycles. The average Bonchev–Trinajstić information content (AvgIpc) is 3.37. The molecule has 1 atom stereocenters. The number of carbonyl (C=O) groups excluding carboxylic acids is 3. The Balaban J connectivity index is 1.47. The Kier molecular flexibility index (Phi) is 7.73. The van der Waals surface area contributed by atoms with Crippen molar-refractivity contribution in [1.29, 1.82) is 0 Å². The number of hydrogen-bond acceptors (Lipinski definition) is 6. The standard InChI is InChI=1S/C28H30N2O6/c1-4-18(3)29-28(33)26-13-11-22(36-26)15-30-23-14-20(8-12-25(23)35-17-27(30)32)24(31)16-34-21-9-6-19(5-2)7-10-21/h6-14,18H,4-5,15-17H2,1-3H3,(H,29,33)/t18-/m1/s1. The van der Waals surface area contributed by atoms with Gasteiger partial charge in [0, 0.05) is 11.6 Å². The molecule has 0 saturated heterocycles. The lowest BCUT2D eigenvalue weighted by molar-refractivity contribution is -0.121. The molecule has 2 amide bonds. The number of nitrogens with one attached hydrogen (secondary N) is 1. The van der Waals surface area contributed by atoms with Gasteiger partial charge in [0.1, 0.15) is 17.3 Å². The van der Waals surface area contributed by atoms with Crippen LogP contribution in [0.4, 0.5) is 5.69 Å². The van der Waals surface area contributed by atoms with E-state index in [1.54, 1.807) is 30.3 Å². The average molecular weight is 491 g/mol. The normalized spacial score (nSPS) is 13.5. The predicted molar refractivity (Wildman–Crippen MR) is 135 cm³/mol. The Morgan fingerprint density at radius 3 is 2.58 bits per heavy atom. The lowest BCUT2D eigenvalue weighted by Gasteiger charge is -2.29. The topological polar surface area (TPSA) is 98.1 Å². The summed E-state index contributed by atoms with van der Waals surface area (Å²) in [5.41, 5.74) is 2.05. The van der Waals surface area contributed by atoms with Gasteiger partial charge in [0.2, 0.25) is 0 Å². The molecule has 2 heterocycles. The summed E-state index contributed by atoms with van der Waals surface area (Å²) in [5.74, 6) is 0.925. The smallest absolute Gasteiger partial charge is 0.287 e. The zero-order valence-corrected chi connectivity index (χ0v) is 20.7. The van der Waals surface area contributed by atoms with E-state index in [1.807, 2.05) is 38.1 Å². The molecule has 3 aromatic rings. The number of carbonyl (C=O) groups is 3. The fourth-order valence-corrected chi connectivity index (χ4v) is 3.74. The molecule has 1 N–H and O–H groups in total. The van der Waals surface area contributed by atoms with E-state index in [4.69, 9.17) is 13.9 Å². The molecule has 36 heavy (non-hydrogen) atoms. The van der Waals surface area contributed by atoms with Gasteiger partial charge < -0.3 is 19.2 Å². The molecule has 0 fully saturated rings. The molecule has 0 saturated carbocycles. The van der Waals surface area contributed by atoms with Crippen LogP contribution in [0.25, 0.3) is 0 Å². The molecule has 0 unspecified atom stereocenters. The predicted octanol–water partition coefficient (Wildman–Crippen LogP) is 4.56. The number of amides is 2. The van der Waals surface area contributed by atoms with Gasteiger partial charge in [-0.3, -0.25) is 19.3 Å². The van der Waals surface area contributed by atoms with Crippen molar-refractivity contribution in [2.45, 2.75) is 46.2 Å². The highest BCUT2D eigenvalue weighted by atomic mass is 16.5. The molecule has 0 bridgehead atoms. The van der Waals surface area contributed by atoms with E-state index in [9.17, 15) is 14.4 Å². The number of Topliss-reactive ketones (excluding diaryl/α,β-unsaturated/α-hetero) is 1. The van der Waals surface area contributed by atoms with Gasteiger partial charge in [-0.2, -0.15) is 0 Å². The Labute approximate surface area is 210 Å². The van der Waals surface area contributed by atoms with Crippen LogP contribution in [0, 0.1) is 0 Å². The Morgan fingerprint density at radius 2 is 1.86 bits per heavy atom. The summed E-state index contributed by atoms with van der Waals surface area (Å²) in [6.07, 6.45) is 1.73. The maximum absolute atomic E-state index is 12.8. The molecule has 0 radical (unpaired) electrons. The van der Waals surface area contributed by atoms with Crippen LogP contribution < -0.4 is 19.7 Å². The van der Waals surface area contributed by atoms with Crippen LogP contribution in [0.2, 0.25) is 0 Å². The lowest BCUT2D eigenvalue weighted by atomic mass is 10.1. The first-order valence-corrected chi connectivity index (χ1v) is 12.1. The Bertz CT molecular complexity index is 1250. The van der Waals surface area contributed by atoms with Crippen molar-refractivity contribution in [2.24, 2.45) is 0 Å². The number of rotatable bonds is 10. The second-order valence-electron chi connectivity index (χ2n) is 8.71. The minimum absolute atomic E-state index is 0.0226. The fourth-order valence-electron chi connectivity index (χ4n) is 3.74. The van der Waals surface area contributed by atoms with Crippen molar-refractivity contribution in [1.82, 2.24) is 5.32 Å². The largest absolute Gasteiger partial charge is 0.485 e. The second kappa shape index (κ2) is 11.1. The molecular weight excluding hydrogens is 460 g/mol. The van der Waals surface area contributed by atoms with Crippen LogP contribution >= 0.6 is 0 Å². The number of fused-ring (bicyclic) bond motifs is 1. The van der Waals surface area contributed by atoms with Crippen molar-refractivity contribution in [3.05, 3.63) is 77.2 Å². The van der Waals surface area contributed by atoms with E-state index in [1.165, 1.54) is 10.5 Å². The molecule has 1 aromatic heterocycles. The Hall–Kier alpha value is -4.07. The van der Waals surface area contributed by atoms with E-state index in [0.717, 1.165) is 12.8 Å². The van der Waals surface area contributed by atoms with Gasteiger partial charge in [-0.1, -0.05) is 26.0 Å². The number of aryl methyl sites for hydroxylation is 1. The van der Waals surface area contributed by atoms with E-state index in [-0.39, 0.29) is 49.2 Å². The number of ketones is 1. The lowest BCUT2D eigenvalue weighted by Crippen LogP contribution is -2.38. The van der Waals surface area contributed by atoms with Crippen molar-refractivity contribution in [3.8, 4) is 11.5 Å². The highest BCUT2D eigenvalue weighted by molar-refractivity contribution is 6.02. The van der Waals surface area contributed by atoms with Gasteiger partial charge in [0.15, 0.2) is 24.8 Å². The third kappa shape index (κ3) is 5.76. The zero-order valence-electron chi connectivity index (χ0n) is 20.7. The SMILES string of the molecule is CCc1ccc(OCC(=O)c2ccc3c(c2)N(Cc2ccc(C(=O)N[C@H](C)CC)o2)C(=O)CO3)cc1. The van der Waals surface area contributed by atoms with Crippen LogP contribution in [0.3, 0.4) is 0 Å². The first-order valence-electron chi connectivity index (χ1n) is 12.1. The van der Waals surface area contributed by atoms with Crippen molar-refractivity contribution < 1.29 is 28.3 Å². The molecular formula is C28H30N2O6. The zero-order chi connectivity index (χ0) is 25.7. The summed E-state index contributed by atoms with van der Waals surface area (Å²) in [7, 11) is 0. The van der Waals surface area contributed by atoms with E-state index in [0.29, 0.717) is 28.5 Å². The second-order valence-corrected chi connectivity index (χ2v) is 8.71. The van der Waals surface area contributed by atoms with Crippen LogP contribution in [0.1, 0.15) is 59.4 Å². The number of anilines is 1. The van der Waals surface area contributed by atoms with Gasteiger partial charge in [0.25, 0.3) is 11.8 Å². The molecule has 1 aliphatic rings. The van der Waals surface area contributed by atoms with Crippen molar-refractivity contribution in [3.63, 3.8) is 0 Å². The maximum atomic E-state index is 12.8. The summed E-state index contributed by atoms with van der Waals surface area (Å²) >= 11 is 0. The quantitative estimate of drug-likeness (QED) is 0.419. The molecule has 188 valence electrons. The van der Waals surface area contributed by atoms with Crippen molar-refractivity contribution >= 4 is 23.3 Å². The number of furan rings is 1. The number of nitrogens with zero attached hydrogens (tertiary/aromatic N) is 1. The highest BCUT2D eigenvalue weighted by Gasteiger charge is 2.28. The number of ether oxygens (including phenoxy) is 2. The number of hydrogen-bond donors (Lipinski definition) is 1. The molecule has 0 spiro atoms. The van der Waals surface area contributed by atoms with Crippen LogP contribution in [0.5, 0.6) is 11.5 Å². The summed E-state index contributed by atoms with van der Waals surface area (Å²) < 4.78 is 16.9. The highest BCUT2D eigenvalue weighted by Crippen LogP contribution is 2.34. The summed E-state index contributed by atoms with van der Waals surface area (Å²) in [4.78, 5) is 39.4. The van der Waals surface area contributed by atoms with Gasteiger partial charge in [-0.05, 0) is 67.8 Å². The minimum Gasteiger partial charge on any atom is -0.485 e. The van der Waals surface area contributed by atoms with E-state index < -0.39 is 0 Å².